The summed E-state index contributed by atoms with van der Waals surface area (Å²) in [5.74, 6) is 0.640. The topological polar surface area (TPSA) is 84.4 Å². The molecule has 174 valence electrons. The number of hydrogen-bond acceptors (Lipinski definition) is 6. The van der Waals surface area contributed by atoms with Crippen molar-refractivity contribution in [3.63, 3.8) is 0 Å². The van der Waals surface area contributed by atoms with Crippen LogP contribution in [0.25, 0.3) is 10.1 Å². The number of nitrogens with zero attached hydrogens (tertiary/aromatic N) is 3. The fraction of sp³-hybridized carbons (Fsp3) is 0.440. The lowest BCUT2D eigenvalue weighted by molar-refractivity contribution is 0.0679. The fourth-order valence-corrected chi connectivity index (χ4v) is 5.18. The molecule has 4 heterocycles. The molecule has 0 spiro atoms. The maximum absolute atomic E-state index is 12.7. The lowest BCUT2D eigenvalue weighted by atomic mass is 9.91. The van der Waals surface area contributed by atoms with Gasteiger partial charge in [0.2, 0.25) is 0 Å². The molecule has 4 rings (SSSR count). The van der Waals surface area contributed by atoms with E-state index in [9.17, 15) is 9.59 Å². The molecule has 1 aliphatic heterocycles. The summed E-state index contributed by atoms with van der Waals surface area (Å²) in [5.41, 5.74) is 1.46. The predicted octanol–water partition coefficient (Wildman–Crippen LogP) is 4.29. The van der Waals surface area contributed by atoms with Gasteiger partial charge in [-0.3, -0.25) is 19.6 Å². The van der Waals surface area contributed by atoms with Gasteiger partial charge in [0.25, 0.3) is 11.8 Å². The molecule has 0 unspecified atom stereocenters. The maximum Gasteiger partial charge on any atom is 0.272 e. The Bertz CT molecular complexity index is 1040. The molecular weight excluding hydrogens is 436 g/mol. The van der Waals surface area contributed by atoms with E-state index >= 15 is 0 Å². The van der Waals surface area contributed by atoms with Gasteiger partial charge in [0.05, 0.1) is 16.2 Å². The highest BCUT2D eigenvalue weighted by Gasteiger charge is 2.24. The summed E-state index contributed by atoms with van der Waals surface area (Å²) in [7, 11) is 1.64. The Morgan fingerprint density at radius 2 is 2.03 bits per heavy atom. The van der Waals surface area contributed by atoms with Crippen molar-refractivity contribution in [3.8, 4) is 0 Å². The second-order valence-electron chi connectivity index (χ2n) is 8.50. The molecule has 0 radical (unpaired) electrons. The third-order valence-electron chi connectivity index (χ3n) is 6.13. The molecule has 0 atom stereocenters. The molecule has 1 saturated heterocycles. The third kappa shape index (κ3) is 6.15. The normalized spacial score (nSPS) is 14.5. The monoisotopic (exact) mass is 466 g/mol. The van der Waals surface area contributed by atoms with E-state index in [2.05, 4.69) is 15.3 Å². The van der Waals surface area contributed by atoms with E-state index in [0.29, 0.717) is 24.8 Å². The van der Waals surface area contributed by atoms with Crippen LogP contribution in [0.3, 0.4) is 0 Å². The van der Waals surface area contributed by atoms with Crippen molar-refractivity contribution in [2.75, 3.05) is 26.7 Å². The van der Waals surface area contributed by atoms with Gasteiger partial charge in [0, 0.05) is 45.3 Å². The number of amides is 2. The van der Waals surface area contributed by atoms with Gasteiger partial charge >= 0.3 is 0 Å². The Morgan fingerprint density at radius 3 is 2.76 bits per heavy atom. The largest absolute Gasteiger partial charge is 0.380 e. The smallest absolute Gasteiger partial charge is 0.272 e. The van der Waals surface area contributed by atoms with E-state index < -0.39 is 0 Å². The summed E-state index contributed by atoms with van der Waals surface area (Å²) >= 11 is 1.48. The molecule has 8 heteroatoms. The van der Waals surface area contributed by atoms with Crippen LogP contribution in [0.4, 0.5) is 0 Å². The van der Waals surface area contributed by atoms with Gasteiger partial charge in [-0.1, -0.05) is 18.9 Å². The van der Waals surface area contributed by atoms with E-state index in [0.717, 1.165) is 65.7 Å². The lowest BCUT2D eigenvalue weighted by Crippen LogP contribution is -2.38. The van der Waals surface area contributed by atoms with Gasteiger partial charge in [-0.2, -0.15) is 0 Å². The third-order valence-corrected chi connectivity index (χ3v) is 7.21. The first-order valence-electron chi connectivity index (χ1n) is 11.5. The van der Waals surface area contributed by atoms with Gasteiger partial charge in [-0.25, -0.2) is 0 Å². The molecule has 0 bridgehead atoms. The number of nitrogens with one attached hydrogen (secondary N) is 1. The van der Waals surface area contributed by atoms with Gasteiger partial charge in [0.1, 0.15) is 5.69 Å². The van der Waals surface area contributed by atoms with Gasteiger partial charge in [-0.15, -0.1) is 11.3 Å². The van der Waals surface area contributed by atoms with E-state index in [4.69, 9.17) is 4.74 Å². The first kappa shape index (κ1) is 23.3. The second-order valence-corrected chi connectivity index (χ2v) is 9.58. The number of rotatable bonds is 9. The molecule has 1 N–H and O–H groups in total. The van der Waals surface area contributed by atoms with Crippen molar-refractivity contribution in [2.45, 2.75) is 38.7 Å². The SMILES string of the molecule is COCc1ccc(C(=O)N2CCC(CCCCNC(=O)c3cc4ccncc4s3)CC2)nc1. The van der Waals surface area contributed by atoms with Crippen molar-refractivity contribution in [1.82, 2.24) is 20.2 Å². The summed E-state index contributed by atoms with van der Waals surface area (Å²) in [6.45, 7) is 2.75. The van der Waals surface area contributed by atoms with Gasteiger partial charge in [0.15, 0.2) is 0 Å². The zero-order chi connectivity index (χ0) is 23.0. The molecule has 1 fully saturated rings. The zero-order valence-corrected chi connectivity index (χ0v) is 19.8. The molecule has 0 aromatic carbocycles. The Morgan fingerprint density at radius 1 is 1.18 bits per heavy atom. The predicted molar refractivity (Wildman–Crippen MR) is 129 cm³/mol. The number of fused-ring (bicyclic) bond motifs is 1. The quantitative estimate of drug-likeness (QED) is 0.476. The molecule has 3 aromatic heterocycles. The van der Waals surface area contributed by atoms with Crippen molar-refractivity contribution >= 4 is 33.2 Å². The molecule has 2 amide bonds. The highest BCUT2D eigenvalue weighted by atomic mass is 32.1. The first-order chi connectivity index (χ1) is 16.1. The van der Waals surface area contributed by atoms with E-state index in [1.54, 1.807) is 31.8 Å². The number of hydrogen-bond donors (Lipinski definition) is 1. The van der Waals surface area contributed by atoms with Crippen LogP contribution in [-0.4, -0.2) is 53.4 Å². The minimum atomic E-state index is -0.00752. The fourth-order valence-electron chi connectivity index (χ4n) is 4.23. The van der Waals surface area contributed by atoms with Crippen molar-refractivity contribution in [3.05, 3.63) is 59.0 Å². The molecule has 3 aromatic rings. The average Bonchev–Trinajstić information content (AvgIpc) is 3.29. The number of methoxy groups -OCH3 is 1. The maximum atomic E-state index is 12.7. The minimum absolute atomic E-state index is 0.00752. The van der Waals surface area contributed by atoms with Crippen molar-refractivity contribution in [1.29, 1.82) is 0 Å². The van der Waals surface area contributed by atoms with E-state index in [1.165, 1.54) is 11.3 Å². The van der Waals surface area contributed by atoms with Crippen LogP contribution >= 0.6 is 11.3 Å². The number of thiophene rings is 1. The zero-order valence-electron chi connectivity index (χ0n) is 19.0. The summed E-state index contributed by atoms with van der Waals surface area (Å²) < 4.78 is 6.12. The van der Waals surface area contributed by atoms with Crippen LogP contribution in [0.5, 0.6) is 0 Å². The van der Waals surface area contributed by atoms with Crippen LogP contribution in [0.15, 0.2) is 42.9 Å². The lowest BCUT2D eigenvalue weighted by Gasteiger charge is -2.32. The van der Waals surface area contributed by atoms with Crippen LogP contribution in [0.2, 0.25) is 0 Å². The summed E-state index contributed by atoms with van der Waals surface area (Å²) in [5, 5.41) is 4.09. The first-order valence-corrected chi connectivity index (χ1v) is 12.3. The number of piperidine rings is 1. The Hall–Kier alpha value is -2.84. The highest BCUT2D eigenvalue weighted by molar-refractivity contribution is 7.20. The van der Waals surface area contributed by atoms with Crippen LogP contribution < -0.4 is 5.32 Å². The molecule has 0 saturated carbocycles. The molecule has 0 aliphatic carbocycles. The Kier molecular flexibility index (Phi) is 8.01. The van der Waals surface area contributed by atoms with E-state index in [1.807, 2.05) is 23.1 Å². The van der Waals surface area contributed by atoms with Crippen molar-refractivity contribution < 1.29 is 14.3 Å². The average molecular weight is 467 g/mol. The number of pyridine rings is 2. The second kappa shape index (κ2) is 11.3. The Labute approximate surface area is 198 Å². The van der Waals surface area contributed by atoms with Gasteiger partial charge in [-0.05, 0) is 54.3 Å². The summed E-state index contributed by atoms with van der Waals surface area (Å²) in [6.07, 6.45) is 10.5. The summed E-state index contributed by atoms with van der Waals surface area (Å²) in [6, 6.07) is 7.53. The molecule has 1 aliphatic rings. The molecular formula is C25H30N4O3S. The van der Waals surface area contributed by atoms with Gasteiger partial charge < -0.3 is 15.0 Å². The molecule has 7 nitrogen and oxygen atoms in total. The number of unbranched alkanes of at least 4 members (excludes halogenated alkanes) is 1. The number of carbonyl (C=O) groups excluding carboxylic acids is 2. The minimum Gasteiger partial charge on any atom is -0.380 e. The van der Waals surface area contributed by atoms with E-state index in [-0.39, 0.29) is 11.8 Å². The standard InChI is InChI=1S/C25H30N4O3S/c1-32-17-19-5-6-21(28-15-19)25(31)29-12-8-18(9-13-29)4-2-3-10-27-24(30)22-14-20-7-11-26-16-23(20)33-22/h5-7,11,14-16,18H,2-4,8-10,12-13,17H2,1H3,(H,27,30). The van der Waals surface area contributed by atoms with Crippen LogP contribution in [-0.2, 0) is 11.3 Å². The van der Waals surface area contributed by atoms with Crippen molar-refractivity contribution in [2.24, 2.45) is 5.92 Å². The number of carbonyl (C=O) groups is 2. The number of likely N-dealkylation sites (tertiary alicyclic amines) is 1. The van der Waals surface area contributed by atoms with Crippen LogP contribution in [0.1, 0.15) is 57.8 Å². The number of ether oxygens (including phenoxy) is 1. The highest BCUT2D eigenvalue weighted by Crippen LogP contribution is 2.25. The summed E-state index contributed by atoms with van der Waals surface area (Å²) in [4.78, 5) is 36.1. The number of aromatic nitrogens is 2. The molecule has 33 heavy (non-hydrogen) atoms. The Balaban J connectivity index is 1.13. The van der Waals surface area contributed by atoms with Crippen LogP contribution in [0, 0.1) is 5.92 Å².